The van der Waals surface area contributed by atoms with Crippen molar-refractivity contribution < 1.29 is 4.74 Å². The minimum atomic E-state index is -0.0129. The molecule has 0 saturated carbocycles. The molecule has 5 rings (SSSR count). The smallest absolute Gasteiger partial charge is 0.166 e. The Hall–Kier alpha value is -3.59. The average Bonchev–Trinajstić information content (AvgIpc) is 3.41. The number of nitrogen functional groups attached to an aromatic ring is 1. The van der Waals surface area contributed by atoms with Gasteiger partial charge in [-0.25, -0.2) is 19.9 Å². The van der Waals surface area contributed by atoms with E-state index in [1.54, 1.807) is 19.4 Å². The molecular weight excluding hydrogens is 368 g/mol. The van der Waals surface area contributed by atoms with Crippen LogP contribution in [0.15, 0.2) is 49.2 Å². The van der Waals surface area contributed by atoms with Crippen molar-refractivity contribution in [1.29, 1.82) is 0 Å². The fourth-order valence-electron chi connectivity index (χ4n) is 3.81. The van der Waals surface area contributed by atoms with Gasteiger partial charge in [-0.3, -0.25) is 4.98 Å². The number of aromatic nitrogens is 6. The second-order valence-corrected chi connectivity index (χ2v) is 6.99. The standard InChI is InChI=1S/C20H20N8O/c1-29-13-7-16(19-23-9-15(26-19)12-3-2-6-22-8-12)28(10-13)20-14-4-5-17(21)27-18(14)24-11-25-20/h2-6,8-9,11,13,16H,7,10H2,1H3,(H,23,26)(H2,21,24,25,27)/t13-,16+/m1/s1. The van der Waals surface area contributed by atoms with Crippen LogP contribution in [0.5, 0.6) is 0 Å². The van der Waals surface area contributed by atoms with Gasteiger partial charge in [0.15, 0.2) is 5.65 Å². The Bertz CT molecular complexity index is 1150. The zero-order valence-electron chi connectivity index (χ0n) is 15.9. The van der Waals surface area contributed by atoms with Crippen LogP contribution in [-0.4, -0.2) is 49.7 Å². The van der Waals surface area contributed by atoms with Gasteiger partial charge in [0.25, 0.3) is 0 Å². The maximum absolute atomic E-state index is 5.82. The third kappa shape index (κ3) is 3.15. The lowest BCUT2D eigenvalue weighted by atomic mass is 10.2. The first-order valence-corrected chi connectivity index (χ1v) is 9.35. The Kier molecular flexibility index (Phi) is 4.28. The van der Waals surface area contributed by atoms with Crippen LogP contribution in [0.1, 0.15) is 18.3 Å². The van der Waals surface area contributed by atoms with Gasteiger partial charge in [0.05, 0.1) is 29.4 Å². The number of nitrogens with zero attached hydrogens (tertiary/aromatic N) is 6. The molecule has 0 radical (unpaired) electrons. The van der Waals surface area contributed by atoms with Gasteiger partial charge in [0.2, 0.25) is 0 Å². The SMILES string of the molecule is CO[C@@H]1C[C@@H](c2ncc(-c3cccnc3)[nH]2)N(c2ncnc3nc(N)ccc23)C1. The minimum absolute atomic E-state index is 0.0129. The summed E-state index contributed by atoms with van der Waals surface area (Å²) in [6.45, 7) is 0.695. The fourth-order valence-corrected chi connectivity index (χ4v) is 3.81. The third-order valence-corrected chi connectivity index (χ3v) is 5.25. The number of rotatable bonds is 4. The van der Waals surface area contributed by atoms with Crippen molar-refractivity contribution in [2.45, 2.75) is 18.6 Å². The molecule has 0 aromatic carbocycles. The highest BCUT2D eigenvalue weighted by molar-refractivity contribution is 5.88. The van der Waals surface area contributed by atoms with E-state index in [4.69, 9.17) is 10.5 Å². The largest absolute Gasteiger partial charge is 0.384 e. The van der Waals surface area contributed by atoms with Crippen molar-refractivity contribution in [3.05, 3.63) is 55.0 Å². The van der Waals surface area contributed by atoms with Crippen LogP contribution in [-0.2, 0) is 4.74 Å². The zero-order valence-corrected chi connectivity index (χ0v) is 15.9. The molecule has 0 unspecified atom stereocenters. The molecule has 0 spiro atoms. The lowest BCUT2D eigenvalue weighted by Crippen LogP contribution is -2.26. The lowest BCUT2D eigenvalue weighted by molar-refractivity contribution is 0.118. The number of ether oxygens (including phenoxy) is 1. The number of anilines is 2. The van der Waals surface area contributed by atoms with E-state index in [9.17, 15) is 0 Å². The molecule has 1 aliphatic heterocycles. The monoisotopic (exact) mass is 388 g/mol. The predicted octanol–water partition coefficient (Wildman–Crippen LogP) is 2.36. The Morgan fingerprint density at radius 1 is 1.17 bits per heavy atom. The molecule has 1 fully saturated rings. The molecule has 9 nitrogen and oxygen atoms in total. The van der Waals surface area contributed by atoms with Gasteiger partial charge in [-0.05, 0) is 24.3 Å². The summed E-state index contributed by atoms with van der Waals surface area (Å²) in [5.74, 6) is 2.09. The summed E-state index contributed by atoms with van der Waals surface area (Å²) in [4.78, 5) is 27.6. The number of methoxy groups -OCH3 is 1. The van der Waals surface area contributed by atoms with Crippen LogP contribution in [0, 0.1) is 0 Å². The molecule has 0 amide bonds. The van der Waals surface area contributed by atoms with E-state index >= 15 is 0 Å². The molecule has 146 valence electrons. The zero-order chi connectivity index (χ0) is 19.8. The van der Waals surface area contributed by atoms with E-state index in [2.05, 4.69) is 34.8 Å². The van der Waals surface area contributed by atoms with Crippen molar-refractivity contribution in [2.75, 3.05) is 24.3 Å². The minimum Gasteiger partial charge on any atom is -0.384 e. The summed E-state index contributed by atoms with van der Waals surface area (Å²) < 4.78 is 5.66. The first kappa shape index (κ1) is 17.5. The summed E-state index contributed by atoms with van der Waals surface area (Å²) in [6, 6.07) is 7.57. The molecule has 9 heteroatoms. The second-order valence-electron chi connectivity index (χ2n) is 6.99. The van der Waals surface area contributed by atoms with E-state index < -0.39 is 0 Å². The first-order chi connectivity index (χ1) is 14.2. The topological polar surface area (TPSA) is 119 Å². The lowest BCUT2D eigenvalue weighted by Gasteiger charge is -2.24. The summed E-state index contributed by atoms with van der Waals surface area (Å²) in [6.07, 6.45) is 7.79. The number of hydrogen-bond acceptors (Lipinski definition) is 8. The first-order valence-electron chi connectivity index (χ1n) is 9.35. The molecule has 2 atom stereocenters. The van der Waals surface area contributed by atoms with E-state index in [1.807, 2.05) is 30.6 Å². The predicted molar refractivity (Wildman–Crippen MR) is 109 cm³/mol. The van der Waals surface area contributed by atoms with Crippen LogP contribution in [0.2, 0.25) is 0 Å². The van der Waals surface area contributed by atoms with Crippen molar-refractivity contribution in [1.82, 2.24) is 29.9 Å². The van der Waals surface area contributed by atoms with Crippen LogP contribution in [0.3, 0.4) is 0 Å². The summed E-state index contributed by atoms with van der Waals surface area (Å²) in [7, 11) is 1.73. The molecular formula is C20H20N8O. The summed E-state index contributed by atoms with van der Waals surface area (Å²) >= 11 is 0. The highest BCUT2D eigenvalue weighted by Gasteiger charge is 2.36. The van der Waals surface area contributed by atoms with Crippen LogP contribution in [0.4, 0.5) is 11.6 Å². The highest BCUT2D eigenvalue weighted by Crippen LogP contribution is 2.38. The molecule has 0 bridgehead atoms. The number of aromatic amines is 1. The van der Waals surface area contributed by atoms with Crippen molar-refractivity contribution >= 4 is 22.7 Å². The fraction of sp³-hybridized carbons (Fsp3) is 0.250. The van der Waals surface area contributed by atoms with Crippen LogP contribution >= 0.6 is 0 Å². The highest BCUT2D eigenvalue weighted by atomic mass is 16.5. The van der Waals surface area contributed by atoms with E-state index in [1.165, 1.54) is 6.33 Å². The molecule has 3 N–H and O–H groups in total. The van der Waals surface area contributed by atoms with Gasteiger partial charge in [0.1, 0.15) is 23.8 Å². The van der Waals surface area contributed by atoms with Gasteiger partial charge < -0.3 is 20.4 Å². The van der Waals surface area contributed by atoms with Crippen molar-refractivity contribution in [2.24, 2.45) is 0 Å². The third-order valence-electron chi connectivity index (χ3n) is 5.25. The number of nitrogens with two attached hydrogens (primary N) is 1. The van der Waals surface area contributed by atoms with Crippen molar-refractivity contribution in [3.8, 4) is 11.3 Å². The number of fused-ring (bicyclic) bond motifs is 1. The normalized spacial score (nSPS) is 19.1. The van der Waals surface area contributed by atoms with E-state index in [0.29, 0.717) is 18.0 Å². The Labute approximate surface area is 167 Å². The van der Waals surface area contributed by atoms with Gasteiger partial charge in [-0.1, -0.05) is 0 Å². The van der Waals surface area contributed by atoms with Gasteiger partial charge in [-0.2, -0.15) is 0 Å². The molecule has 0 aliphatic carbocycles. The van der Waals surface area contributed by atoms with Gasteiger partial charge >= 0.3 is 0 Å². The molecule has 29 heavy (non-hydrogen) atoms. The van der Waals surface area contributed by atoms with Crippen molar-refractivity contribution in [3.63, 3.8) is 0 Å². The summed E-state index contributed by atoms with van der Waals surface area (Å²) in [5, 5.41) is 0.850. The quantitative estimate of drug-likeness (QED) is 0.547. The molecule has 4 aromatic rings. The number of hydrogen-bond donors (Lipinski definition) is 2. The Balaban J connectivity index is 1.55. The second kappa shape index (κ2) is 7.10. The number of pyridine rings is 2. The maximum Gasteiger partial charge on any atom is 0.166 e. The van der Waals surface area contributed by atoms with Crippen LogP contribution in [0.25, 0.3) is 22.3 Å². The molecule has 4 aromatic heterocycles. The Morgan fingerprint density at radius 3 is 2.93 bits per heavy atom. The summed E-state index contributed by atoms with van der Waals surface area (Å²) in [5.41, 5.74) is 8.31. The Morgan fingerprint density at radius 2 is 2.10 bits per heavy atom. The molecule has 1 saturated heterocycles. The van der Waals surface area contributed by atoms with Crippen LogP contribution < -0.4 is 10.6 Å². The number of H-pyrrole nitrogens is 1. The number of imidazole rings is 1. The average molecular weight is 388 g/mol. The molecule has 5 heterocycles. The van der Waals surface area contributed by atoms with Gasteiger partial charge in [0, 0.05) is 38.0 Å². The van der Waals surface area contributed by atoms with Gasteiger partial charge in [-0.15, -0.1) is 0 Å². The molecule has 1 aliphatic rings. The van der Waals surface area contributed by atoms with E-state index in [0.717, 1.165) is 34.7 Å². The number of nitrogens with one attached hydrogen (secondary N) is 1. The van der Waals surface area contributed by atoms with E-state index in [-0.39, 0.29) is 12.1 Å². The maximum atomic E-state index is 5.82.